The molecule has 0 radical (unpaired) electrons. The summed E-state index contributed by atoms with van der Waals surface area (Å²) in [5.41, 5.74) is -0.441. The number of esters is 2. The number of nitrogens with zero attached hydrogens (tertiary/aromatic N) is 2. The van der Waals surface area contributed by atoms with E-state index in [4.69, 9.17) is 5.26 Å². The minimum atomic E-state index is -0.814. The van der Waals surface area contributed by atoms with Gasteiger partial charge in [-0.2, -0.15) is 5.26 Å². The van der Waals surface area contributed by atoms with Crippen LogP contribution in [0.4, 0.5) is 0 Å². The van der Waals surface area contributed by atoms with E-state index < -0.39 is 11.9 Å². The molecule has 0 saturated heterocycles. The van der Waals surface area contributed by atoms with Crippen LogP contribution in [0, 0.1) is 11.3 Å². The van der Waals surface area contributed by atoms with Gasteiger partial charge in [-0.15, -0.1) is 0 Å². The first-order valence-corrected chi connectivity index (χ1v) is 4.58. The van der Waals surface area contributed by atoms with E-state index in [1.54, 1.807) is 14.1 Å². The fourth-order valence-corrected chi connectivity index (χ4v) is 1.07. The molecule has 0 unspecified atom stereocenters. The summed E-state index contributed by atoms with van der Waals surface area (Å²) in [6.07, 6.45) is 0. The molecule has 0 aromatic rings. The lowest BCUT2D eigenvalue weighted by atomic mass is 10.1. The lowest BCUT2D eigenvalue weighted by molar-refractivity contribution is -0.139. The Labute approximate surface area is 99.7 Å². The number of ether oxygens (including phenoxy) is 2. The van der Waals surface area contributed by atoms with Crippen LogP contribution in [-0.2, 0) is 19.1 Å². The molecule has 0 aromatic carbocycles. The highest BCUT2D eigenvalue weighted by atomic mass is 16.5. The number of rotatable bonds is 4. The summed E-state index contributed by atoms with van der Waals surface area (Å²) < 4.78 is 8.97. The fraction of sp³-hybridized carbons (Fsp3) is 0.364. The van der Waals surface area contributed by atoms with Gasteiger partial charge in [0.15, 0.2) is 0 Å². The van der Waals surface area contributed by atoms with Crippen molar-refractivity contribution in [3.63, 3.8) is 0 Å². The van der Waals surface area contributed by atoms with Crippen LogP contribution in [-0.4, -0.2) is 45.2 Å². The van der Waals surface area contributed by atoms with Crippen molar-refractivity contribution < 1.29 is 19.1 Å². The summed E-state index contributed by atoms with van der Waals surface area (Å²) >= 11 is 0. The second-order valence-electron chi connectivity index (χ2n) is 3.19. The van der Waals surface area contributed by atoms with Gasteiger partial charge in [0.2, 0.25) is 0 Å². The Morgan fingerprint density at radius 2 is 1.65 bits per heavy atom. The molecule has 6 nitrogen and oxygen atoms in total. The standard InChI is InChI=1S/C11H14N2O4/c1-7(10(14)16-4)9(11(15)17-5)8(6-12)13(2)3/h1H2,2-5H3/b9-8-. The lowest BCUT2D eigenvalue weighted by Gasteiger charge is -2.15. The van der Waals surface area contributed by atoms with E-state index in [0.29, 0.717) is 0 Å². The van der Waals surface area contributed by atoms with Crippen molar-refractivity contribution in [1.82, 2.24) is 4.90 Å². The molecule has 0 bridgehead atoms. The quantitative estimate of drug-likeness (QED) is 0.302. The molecule has 17 heavy (non-hydrogen) atoms. The molecule has 0 aromatic heterocycles. The molecule has 0 spiro atoms. The summed E-state index contributed by atoms with van der Waals surface area (Å²) in [6, 6.07) is 1.81. The van der Waals surface area contributed by atoms with Crippen LogP contribution in [0.25, 0.3) is 0 Å². The first kappa shape index (κ1) is 14.7. The number of allylic oxidation sites excluding steroid dienone is 1. The summed E-state index contributed by atoms with van der Waals surface area (Å²) in [4.78, 5) is 24.3. The molecule has 0 fully saturated rings. The van der Waals surface area contributed by atoms with Gasteiger partial charge in [0.05, 0.1) is 19.8 Å². The first-order valence-electron chi connectivity index (χ1n) is 4.58. The van der Waals surface area contributed by atoms with Crippen LogP contribution >= 0.6 is 0 Å². The van der Waals surface area contributed by atoms with E-state index in [-0.39, 0.29) is 16.8 Å². The molecule has 0 saturated carbocycles. The van der Waals surface area contributed by atoms with Gasteiger partial charge in [-0.25, -0.2) is 9.59 Å². The van der Waals surface area contributed by atoms with Crippen molar-refractivity contribution in [3.8, 4) is 6.07 Å². The van der Waals surface area contributed by atoms with Gasteiger partial charge in [-0.05, 0) is 0 Å². The average molecular weight is 238 g/mol. The Kier molecular flexibility index (Phi) is 5.47. The third-order valence-corrected chi connectivity index (χ3v) is 1.91. The second kappa shape index (κ2) is 6.33. The van der Waals surface area contributed by atoms with Gasteiger partial charge in [-0.1, -0.05) is 6.58 Å². The molecule has 0 heterocycles. The second-order valence-corrected chi connectivity index (χ2v) is 3.19. The van der Waals surface area contributed by atoms with E-state index in [1.165, 1.54) is 4.90 Å². The summed E-state index contributed by atoms with van der Waals surface area (Å²) in [6.45, 7) is 3.44. The molecular formula is C11H14N2O4. The average Bonchev–Trinajstić information content (AvgIpc) is 2.32. The number of hydrogen-bond donors (Lipinski definition) is 0. The Balaban J connectivity index is 5.75. The van der Waals surface area contributed by atoms with E-state index in [9.17, 15) is 9.59 Å². The van der Waals surface area contributed by atoms with Crippen LogP contribution in [0.2, 0.25) is 0 Å². The van der Waals surface area contributed by atoms with E-state index in [1.807, 2.05) is 6.07 Å². The van der Waals surface area contributed by atoms with Crippen LogP contribution in [0.1, 0.15) is 0 Å². The maximum absolute atomic E-state index is 11.6. The molecule has 92 valence electrons. The number of carbonyl (C=O) groups is 2. The van der Waals surface area contributed by atoms with Crippen molar-refractivity contribution >= 4 is 11.9 Å². The van der Waals surface area contributed by atoms with Gasteiger partial charge in [0.25, 0.3) is 0 Å². The molecule has 0 aliphatic rings. The minimum Gasteiger partial charge on any atom is -0.465 e. The molecule has 0 amide bonds. The van der Waals surface area contributed by atoms with Gasteiger partial charge in [0.1, 0.15) is 17.3 Å². The zero-order valence-electron chi connectivity index (χ0n) is 10.2. The number of methoxy groups -OCH3 is 2. The number of hydrogen-bond acceptors (Lipinski definition) is 6. The van der Waals surface area contributed by atoms with E-state index >= 15 is 0 Å². The lowest BCUT2D eigenvalue weighted by Crippen LogP contribution is -2.21. The molecule has 0 N–H and O–H groups in total. The van der Waals surface area contributed by atoms with E-state index in [0.717, 1.165) is 14.2 Å². The van der Waals surface area contributed by atoms with Crippen LogP contribution in [0.5, 0.6) is 0 Å². The van der Waals surface area contributed by atoms with Crippen molar-refractivity contribution in [1.29, 1.82) is 5.26 Å². The van der Waals surface area contributed by atoms with Crippen LogP contribution in [0.3, 0.4) is 0 Å². The molecule has 0 rings (SSSR count). The summed E-state index contributed by atoms with van der Waals surface area (Å²) in [7, 11) is 5.43. The maximum atomic E-state index is 11.6. The van der Waals surface area contributed by atoms with Gasteiger partial charge in [-0.3, -0.25) is 0 Å². The smallest absolute Gasteiger partial charge is 0.341 e. The van der Waals surface area contributed by atoms with Crippen molar-refractivity contribution in [2.24, 2.45) is 0 Å². The fourth-order valence-electron chi connectivity index (χ4n) is 1.07. The highest BCUT2D eigenvalue weighted by Gasteiger charge is 2.25. The first-order chi connectivity index (χ1) is 7.90. The zero-order valence-corrected chi connectivity index (χ0v) is 10.2. The normalized spacial score (nSPS) is 10.8. The van der Waals surface area contributed by atoms with Crippen molar-refractivity contribution in [3.05, 3.63) is 23.4 Å². The predicted octanol–water partition coefficient (Wildman–Crippen LogP) is 0.228. The molecular weight excluding hydrogens is 224 g/mol. The number of carbonyl (C=O) groups excluding carboxylic acids is 2. The van der Waals surface area contributed by atoms with E-state index in [2.05, 4.69) is 16.1 Å². The monoisotopic (exact) mass is 238 g/mol. The van der Waals surface area contributed by atoms with Crippen LogP contribution < -0.4 is 0 Å². The third kappa shape index (κ3) is 3.34. The predicted molar refractivity (Wildman–Crippen MR) is 59.5 cm³/mol. The summed E-state index contributed by atoms with van der Waals surface area (Å²) in [5, 5.41) is 8.96. The molecule has 0 atom stereocenters. The maximum Gasteiger partial charge on any atom is 0.341 e. The summed E-state index contributed by atoms with van der Waals surface area (Å²) in [5.74, 6) is -1.61. The Morgan fingerprint density at radius 3 is 1.94 bits per heavy atom. The third-order valence-electron chi connectivity index (χ3n) is 1.91. The SMILES string of the molecule is C=C(C(=O)OC)/C(C(=O)OC)=C(\C#N)N(C)C. The Hall–Kier alpha value is -2.29. The molecule has 6 heteroatoms. The zero-order chi connectivity index (χ0) is 13.6. The largest absolute Gasteiger partial charge is 0.465 e. The van der Waals surface area contributed by atoms with Gasteiger partial charge in [0, 0.05) is 14.1 Å². The van der Waals surface area contributed by atoms with Crippen molar-refractivity contribution in [2.45, 2.75) is 0 Å². The van der Waals surface area contributed by atoms with Crippen molar-refractivity contribution in [2.75, 3.05) is 28.3 Å². The topological polar surface area (TPSA) is 79.6 Å². The highest BCUT2D eigenvalue weighted by Crippen LogP contribution is 2.17. The van der Waals surface area contributed by atoms with Gasteiger partial charge >= 0.3 is 11.9 Å². The Morgan fingerprint density at radius 1 is 1.18 bits per heavy atom. The highest BCUT2D eigenvalue weighted by molar-refractivity contribution is 6.07. The van der Waals surface area contributed by atoms with Crippen LogP contribution in [0.15, 0.2) is 23.4 Å². The molecule has 0 aliphatic carbocycles. The Bertz CT molecular complexity index is 416. The minimum absolute atomic E-state index is 0.0211. The van der Waals surface area contributed by atoms with Gasteiger partial charge < -0.3 is 14.4 Å². The number of nitriles is 1. The molecule has 0 aliphatic heterocycles.